The van der Waals surface area contributed by atoms with E-state index in [-0.39, 0.29) is 0 Å². The standard InChI is InChI=1S/C16H22BrN3O/c1-11(2)7-13(10-18)9-16-19-15(20-21-16)8-12-3-5-14(17)6-4-12/h3-6,11,13H,7-10,18H2,1-2H3/t13-/m0/s1. The molecule has 0 bridgehead atoms. The van der Waals surface area contributed by atoms with Gasteiger partial charge in [0, 0.05) is 17.3 Å². The van der Waals surface area contributed by atoms with Gasteiger partial charge in [0.15, 0.2) is 5.82 Å². The second-order valence-corrected chi connectivity index (χ2v) is 6.76. The molecule has 2 rings (SSSR count). The Balaban J connectivity index is 1.95. The largest absolute Gasteiger partial charge is 0.339 e. The first kappa shape index (κ1) is 16.2. The summed E-state index contributed by atoms with van der Waals surface area (Å²) in [5.41, 5.74) is 6.99. The van der Waals surface area contributed by atoms with Crippen LogP contribution in [0.3, 0.4) is 0 Å². The van der Waals surface area contributed by atoms with Crippen LogP contribution in [0.1, 0.15) is 37.5 Å². The highest BCUT2D eigenvalue weighted by Crippen LogP contribution is 2.17. The summed E-state index contributed by atoms with van der Waals surface area (Å²) in [4.78, 5) is 4.48. The Bertz CT molecular complexity index is 551. The van der Waals surface area contributed by atoms with Crippen LogP contribution in [0.2, 0.25) is 0 Å². The molecule has 1 aromatic heterocycles. The molecule has 5 heteroatoms. The highest BCUT2D eigenvalue weighted by molar-refractivity contribution is 9.10. The summed E-state index contributed by atoms with van der Waals surface area (Å²) in [5.74, 6) is 2.46. The van der Waals surface area contributed by atoms with Gasteiger partial charge in [0.05, 0.1) is 0 Å². The first-order valence-electron chi connectivity index (χ1n) is 7.32. The van der Waals surface area contributed by atoms with Crippen molar-refractivity contribution in [3.8, 4) is 0 Å². The second-order valence-electron chi connectivity index (χ2n) is 5.84. The minimum atomic E-state index is 0.408. The second kappa shape index (κ2) is 7.71. The third-order valence-corrected chi connectivity index (χ3v) is 3.92. The molecular formula is C16H22BrN3O. The molecule has 0 saturated heterocycles. The van der Waals surface area contributed by atoms with Crippen molar-refractivity contribution in [1.82, 2.24) is 10.1 Å². The molecule has 4 nitrogen and oxygen atoms in total. The third-order valence-electron chi connectivity index (χ3n) is 3.39. The monoisotopic (exact) mass is 351 g/mol. The smallest absolute Gasteiger partial charge is 0.226 e. The van der Waals surface area contributed by atoms with Crippen molar-refractivity contribution in [2.24, 2.45) is 17.6 Å². The summed E-state index contributed by atoms with van der Waals surface area (Å²) in [7, 11) is 0. The maximum atomic E-state index is 5.82. The van der Waals surface area contributed by atoms with E-state index in [0.29, 0.717) is 30.7 Å². The van der Waals surface area contributed by atoms with Crippen LogP contribution in [0, 0.1) is 11.8 Å². The minimum Gasteiger partial charge on any atom is -0.339 e. The van der Waals surface area contributed by atoms with Gasteiger partial charge in [0.25, 0.3) is 0 Å². The van der Waals surface area contributed by atoms with Crippen LogP contribution < -0.4 is 5.73 Å². The van der Waals surface area contributed by atoms with Crippen molar-refractivity contribution in [2.45, 2.75) is 33.1 Å². The van der Waals surface area contributed by atoms with Crippen molar-refractivity contribution in [2.75, 3.05) is 6.54 Å². The fourth-order valence-corrected chi connectivity index (χ4v) is 2.67. The Morgan fingerprint density at radius 1 is 1.24 bits per heavy atom. The van der Waals surface area contributed by atoms with Gasteiger partial charge in [0.2, 0.25) is 5.89 Å². The summed E-state index contributed by atoms with van der Waals surface area (Å²) in [6, 6.07) is 8.15. The maximum absolute atomic E-state index is 5.82. The first-order valence-corrected chi connectivity index (χ1v) is 8.12. The lowest BCUT2D eigenvalue weighted by molar-refractivity contribution is 0.329. The third kappa shape index (κ3) is 5.25. The predicted octanol–water partition coefficient (Wildman–Crippen LogP) is 3.59. The van der Waals surface area contributed by atoms with Gasteiger partial charge in [-0.05, 0) is 42.5 Å². The van der Waals surface area contributed by atoms with Gasteiger partial charge in [-0.1, -0.05) is 47.1 Å². The van der Waals surface area contributed by atoms with Crippen LogP contribution in [0.5, 0.6) is 0 Å². The Hall–Kier alpha value is -1.20. The molecule has 0 spiro atoms. The molecule has 2 N–H and O–H groups in total. The average molecular weight is 352 g/mol. The summed E-state index contributed by atoms with van der Waals surface area (Å²) >= 11 is 3.43. The summed E-state index contributed by atoms with van der Waals surface area (Å²) < 4.78 is 6.42. The quantitative estimate of drug-likeness (QED) is 0.827. The van der Waals surface area contributed by atoms with Gasteiger partial charge < -0.3 is 10.3 Å². The Morgan fingerprint density at radius 2 is 1.95 bits per heavy atom. The van der Waals surface area contributed by atoms with Gasteiger partial charge in [-0.2, -0.15) is 4.98 Å². The van der Waals surface area contributed by atoms with E-state index in [1.165, 1.54) is 5.56 Å². The average Bonchev–Trinajstić information content (AvgIpc) is 2.87. The van der Waals surface area contributed by atoms with Crippen molar-refractivity contribution < 1.29 is 4.52 Å². The Labute approximate surface area is 134 Å². The van der Waals surface area contributed by atoms with Gasteiger partial charge in [-0.25, -0.2) is 0 Å². The summed E-state index contributed by atoms with van der Waals surface area (Å²) in [6.45, 7) is 5.06. The molecule has 1 heterocycles. The lowest BCUT2D eigenvalue weighted by Gasteiger charge is -2.14. The van der Waals surface area contributed by atoms with Crippen LogP contribution >= 0.6 is 15.9 Å². The number of hydrogen-bond donors (Lipinski definition) is 1. The molecule has 114 valence electrons. The number of halogens is 1. The molecule has 0 aliphatic carbocycles. The van der Waals surface area contributed by atoms with E-state index in [1.807, 2.05) is 12.1 Å². The van der Waals surface area contributed by atoms with Gasteiger partial charge >= 0.3 is 0 Å². The molecule has 0 saturated carbocycles. The molecule has 0 radical (unpaired) electrons. The number of rotatable bonds is 7. The molecule has 2 aromatic rings. The molecule has 21 heavy (non-hydrogen) atoms. The zero-order chi connectivity index (χ0) is 15.2. The molecule has 0 unspecified atom stereocenters. The Kier molecular flexibility index (Phi) is 5.94. The Morgan fingerprint density at radius 3 is 2.57 bits per heavy atom. The van der Waals surface area contributed by atoms with Crippen LogP contribution in [-0.2, 0) is 12.8 Å². The van der Waals surface area contributed by atoms with E-state index in [1.54, 1.807) is 0 Å². The normalized spacial score (nSPS) is 12.8. The van der Waals surface area contributed by atoms with Crippen molar-refractivity contribution in [3.63, 3.8) is 0 Å². The van der Waals surface area contributed by atoms with E-state index in [9.17, 15) is 0 Å². The number of aromatic nitrogens is 2. The SMILES string of the molecule is CC(C)C[C@H](CN)Cc1nc(Cc2ccc(Br)cc2)no1. The van der Waals surface area contributed by atoms with Crippen LogP contribution in [-0.4, -0.2) is 16.7 Å². The van der Waals surface area contributed by atoms with Crippen molar-refractivity contribution in [1.29, 1.82) is 0 Å². The fourth-order valence-electron chi connectivity index (χ4n) is 2.41. The topological polar surface area (TPSA) is 64.9 Å². The number of benzene rings is 1. The van der Waals surface area contributed by atoms with E-state index in [2.05, 4.69) is 52.1 Å². The number of nitrogens with two attached hydrogens (primary N) is 1. The summed E-state index contributed by atoms with van der Waals surface area (Å²) in [6.07, 6.45) is 2.54. The maximum Gasteiger partial charge on any atom is 0.226 e. The molecule has 1 atom stereocenters. The van der Waals surface area contributed by atoms with E-state index < -0.39 is 0 Å². The molecule has 0 amide bonds. The van der Waals surface area contributed by atoms with Gasteiger partial charge in [0.1, 0.15) is 0 Å². The highest BCUT2D eigenvalue weighted by atomic mass is 79.9. The van der Waals surface area contributed by atoms with E-state index in [0.717, 1.165) is 23.1 Å². The lowest BCUT2D eigenvalue weighted by atomic mass is 9.94. The predicted molar refractivity (Wildman–Crippen MR) is 86.9 cm³/mol. The molecule has 0 aliphatic heterocycles. The van der Waals surface area contributed by atoms with Crippen molar-refractivity contribution >= 4 is 15.9 Å². The molecule has 0 aliphatic rings. The first-order chi connectivity index (χ1) is 10.1. The van der Waals surface area contributed by atoms with E-state index >= 15 is 0 Å². The zero-order valence-corrected chi connectivity index (χ0v) is 14.1. The minimum absolute atomic E-state index is 0.408. The zero-order valence-electron chi connectivity index (χ0n) is 12.6. The fraction of sp³-hybridized carbons (Fsp3) is 0.500. The molecule has 0 fully saturated rings. The molecular weight excluding hydrogens is 330 g/mol. The van der Waals surface area contributed by atoms with Crippen LogP contribution in [0.15, 0.2) is 33.3 Å². The molecule has 1 aromatic carbocycles. The highest BCUT2D eigenvalue weighted by Gasteiger charge is 2.15. The van der Waals surface area contributed by atoms with Gasteiger partial charge in [-0.3, -0.25) is 0 Å². The summed E-state index contributed by atoms with van der Waals surface area (Å²) in [5, 5.41) is 4.06. The number of nitrogens with zero attached hydrogens (tertiary/aromatic N) is 2. The lowest BCUT2D eigenvalue weighted by Crippen LogP contribution is -2.19. The van der Waals surface area contributed by atoms with Crippen LogP contribution in [0.25, 0.3) is 0 Å². The van der Waals surface area contributed by atoms with Crippen molar-refractivity contribution in [3.05, 3.63) is 46.0 Å². The van der Waals surface area contributed by atoms with Crippen LogP contribution in [0.4, 0.5) is 0 Å². The van der Waals surface area contributed by atoms with E-state index in [4.69, 9.17) is 10.3 Å². The van der Waals surface area contributed by atoms with Gasteiger partial charge in [-0.15, -0.1) is 0 Å². The number of hydrogen-bond acceptors (Lipinski definition) is 4.